The van der Waals surface area contributed by atoms with E-state index in [1.807, 2.05) is 0 Å². The van der Waals surface area contributed by atoms with E-state index in [9.17, 15) is 0 Å². The van der Waals surface area contributed by atoms with E-state index in [1.54, 1.807) is 0 Å². The fraction of sp³-hybridized carbons (Fsp3) is 0.541. The molecule has 2 aromatic heterocycles. The zero-order valence-corrected chi connectivity index (χ0v) is 52.4. The van der Waals surface area contributed by atoms with Gasteiger partial charge in [0.2, 0.25) is 0 Å². The normalized spacial score (nSPS) is 13.1. The third-order valence-electron chi connectivity index (χ3n) is 17.7. The Morgan fingerprint density at radius 1 is 0.325 bits per heavy atom. The first kappa shape index (κ1) is 59.0. The molecule has 0 atom stereocenters. The van der Waals surface area contributed by atoms with E-state index in [4.69, 9.17) is 8.83 Å². The first-order valence-corrected chi connectivity index (χ1v) is 31.6. The van der Waals surface area contributed by atoms with Gasteiger partial charge in [0.1, 0.15) is 22.3 Å². The summed E-state index contributed by atoms with van der Waals surface area (Å²) < 4.78 is 15.0. The van der Waals surface area contributed by atoms with Crippen molar-refractivity contribution in [1.82, 2.24) is 0 Å². The Kier molecular flexibility index (Phi) is 17.2. The molecule has 2 heterocycles. The number of hydrogen-bond donors (Lipinski definition) is 0. The zero-order chi connectivity index (χ0) is 57.6. The van der Waals surface area contributed by atoms with Crippen molar-refractivity contribution in [3.8, 4) is 0 Å². The van der Waals surface area contributed by atoms with Gasteiger partial charge in [-0.2, -0.15) is 0 Å². The first-order chi connectivity index (χ1) is 37.9. The van der Waals surface area contributed by atoms with Gasteiger partial charge in [-0.3, -0.25) is 9.59 Å². The van der Waals surface area contributed by atoms with Crippen LogP contribution in [0.5, 0.6) is 0 Å². The number of benzene rings is 7. The van der Waals surface area contributed by atoms with Crippen LogP contribution < -0.4 is 20.7 Å². The van der Waals surface area contributed by atoms with Crippen LogP contribution in [0.15, 0.2) is 79.1 Å². The zero-order valence-electron chi connectivity index (χ0n) is 52.4. The maximum Gasteiger partial charge on any atom is 0.198 e. The van der Waals surface area contributed by atoms with Crippen molar-refractivity contribution in [2.45, 2.75) is 235 Å². The standard InChI is InChI=1S/C74H98N2O4/c1-17-21-25-29-37-75(38-30-26-22-18-2)47-33-35-49-59(41-47)79-69-63-61(49)51-43-55(71(5,6)7)57(73(11,12)13)45-53(51)68(78)66(63)70-64-62(52-44-56(72(8,9)10)58(74(14,15)16)46-54(52)67(77)65(64)69)50-36-34-48(42-60(50)80-70)76(39-31-27-23-19-3)40-32-28-24-20-4/h33-36,41-46H,17-32,37-40H2,1-16H3. The first-order valence-electron chi connectivity index (χ1n) is 31.6. The van der Waals surface area contributed by atoms with Gasteiger partial charge in [0.05, 0.1) is 10.8 Å². The lowest BCUT2D eigenvalue weighted by Gasteiger charge is -2.31. The third kappa shape index (κ3) is 11.3. The molecule has 0 aliphatic heterocycles. The van der Waals surface area contributed by atoms with Crippen LogP contribution >= 0.6 is 0 Å². The molecule has 6 nitrogen and oxygen atoms in total. The molecule has 0 amide bonds. The minimum Gasteiger partial charge on any atom is -0.455 e. The van der Waals surface area contributed by atoms with E-state index in [0.29, 0.717) is 43.5 Å². The summed E-state index contributed by atoms with van der Waals surface area (Å²) in [6.07, 6.45) is 19.0. The second-order valence-corrected chi connectivity index (χ2v) is 28.2. The summed E-state index contributed by atoms with van der Waals surface area (Å²) in [6, 6.07) is 22.6. The highest BCUT2D eigenvalue weighted by Crippen LogP contribution is 2.50. The highest BCUT2D eigenvalue weighted by molar-refractivity contribution is 6.41. The van der Waals surface area contributed by atoms with Gasteiger partial charge in [-0.15, -0.1) is 0 Å². The van der Waals surface area contributed by atoms with Crippen LogP contribution in [0.2, 0.25) is 0 Å². The molecule has 0 aliphatic carbocycles. The Morgan fingerprint density at radius 2 is 0.613 bits per heavy atom. The van der Waals surface area contributed by atoms with Crippen molar-refractivity contribution in [2.24, 2.45) is 0 Å². The quantitative estimate of drug-likeness (QED) is 0.0383. The van der Waals surface area contributed by atoms with Crippen molar-refractivity contribution in [3.05, 3.63) is 103 Å². The smallest absolute Gasteiger partial charge is 0.198 e. The van der Waals surface area contributed by atoms with Crippen molar-refractivity contribution >= 4 is 98.3 Å². The maximum atomic E-state index is 16.4. The summed E-state index contributed by atoms with van der Waals surface area (Å²) in [7, 11) is 0. The molecule has 0 bridgehead atoms. The van der Waals surface area contributed by atoms with Gasteiger partial charge in [0.25, 0.3) is 0 Å². The van der Waals surface area contributed by atoms with E-state index in [2.05, 4.69) is 181 Å². The number of hydrogen-bond acceptors (Lipinski definition) is 6. The van der Waals surface area contributed by atoms with Crippen LogP contribution in [0, 0.1) is 0 Å². The molecule has 0 spiro atoms. The molecule has 6 heteroatoms. The molecule has 9 aromatic rings. The maximum absolute atomic E-state index is 16.4. The minimum atomic E-state index is -0.253. The second-order valence-electron chi connectivity index (χ2n) is 28.2. The summed E-state index contributed by atoms with van der Waals surface area (Å²) in [5, 5.41) is 9.15. The largest absolute Gasteiger partial charge is 0.455 e. The topological polar surface area (TPSA) is 66.9 Å². The van der Waals surface area contributed by atoms with Gasteiger partial charge in [0.15, 0.2) is 10.9 Å². The Balaban J connectivity index is 1.51. The summed E-state index contributed by atoms with van der Waals surface area (Å²) >= 11 is 0. The molecule has 428 valence electrons. The van der Waals surface area contributed by atoms with Crippen molar-refractivity contribution < 1.29 is 8.83 Å². The van der Waals surface area contributed by atoms with Gasteiger partial charge in [-0.25, -0.2) is 0 Å². The second kappa shape index (κ2) is 23.3. The van der Waals surface area contributed by atoms with Gasteiger partial charge in [-0.05, 0) is 129 Å². The molecule has 0 fully saturated rings. The van der Waals surface area contributed by atoms with Crippen molar-refractivity contribution in [2.75, 3.05) is 36.0 Å². The molecular formula is C74H98N2O4. The SMILES string of the molecule is CCCCCCN(CCCCCC)c1ccc2c(c1)oc1c3c(=O)c4cc(C(C)(C)C)c(C(C)(C)C)cc4c4c5ccc(N(CCCCCC)CCCCCC)cc5oc(c5c(=O)c6cc(C(C)(C)C)c(C(C)(C)C)cc6c2c15)c34. The number of nitrogens with zero attached hydrogens (tertiary/aromatic N) is 2. The van der Waals surface area contributed by atoms with E-state index >= 15 is 9.59 Å². The Morgan fingerprint density at radius 3 is 0.887 bits per heavy atom. The third-order valence-corrected chi connectivity index (χ3v) is 17.7. The molecule has 0 unspecified atom stereocenters. The fourth-order valence-electron chi connectivity index (χ4n) is 13.3. The fourth-order valence-corrected chi connectivity index (χ4v) is 13.3. The van der Waals surface area contributed by atoms with Crippen LogP contribution in [0.25, 0.3) is 87.0 Å². The number of anilines is 2. The monoisotopic (exact) mass is 1080 g/mol. The van der Waals surface area contributed by atoms with Crippen LogP contribution in [0.4, 0.5) is 11.4 Å². The van der Waals surface area contributed by atoms with Crippen LogP contribution in [0.3, 0.4) is 0 Å². The van der Waals surface area contributed by atoms with E-state index in [1.165, 1.54) is 88.2 Å². The lowest BCUT2D eigenvalue weighted by Crippen LogP contribution is -2.25. The highest BCUT2D eigenvalue weighted by atomic mass is 16.3. The minimum absolute atomic E-state index is 0.0955. The predicted molar refractivity (Wildman–Crippen MR) is 351 cm³/mol. The lowest BCUT2D eigenvalue weighted by molar-refractivity contribution is 0.531. The van der Waals surface area contributed by atoms with Gasteiger partial charge < -0.3 is 18.6 Å². The van der Waals surface area contributed by atoms with Crippen molar-refractivity contribution in [3.63, 3.8) is 0 Å². The lowest BCUT2D eigenvalue weighted by atomic mass is 9.73. The average molecular weight is 1080 g/mol. The van der Waals surface area contributed by atoms with Crippen LogP contribution in [0.1, 0.15) is 236 Å². The van der Waals surface area contributed by atoms with E-state index < -0.39 is 0 Å². The Hall–Kier alpha value is -5.62. The Labute approximate surface area is 479 Å². The molecule has 0 N–H and O–H groups in total. The average Bonchev–Trinajstić information content (AvgIpc) is 3.31. The van der Waals surface area contributed by atoms with Crippen LogP contribution in [-0.2, 0) is 21.7 Å². The molecule has 0 aliphatic rings. The van der Waals surface area contributed by atoms with Crippen LogP contribution in [-0.4, -0.2) is 26.2 Å². The number of unbranched alkanes of at least 4 members (excludes halogenated alkanes) is 12. The number of rotatable bonds is 22. The van der Waals surface area contributed by atoms with E-state index in [-0.39, 0.29) is 32.5 Å². The molecule has 0 saturated heterocycles. The molecule has 9 rings (SSSR count). The van der Waals surface area contributed by atoms with Gasteiger partial charge in [-0.1, -0.05) is 188 Å². The van der Waals surface area contributed by atoms with Crippen molar-refractivity contribution in [1.29, 1.82) is 0 Å². The summed E-state index contributed by atoms with van der Waals surface area (Å²) in [4.78, 5) is 37.9. The summed E-state index contributed by atoms with van der Waals surface area (Å²) in [6.45, 7) is 40.2. The summed E-state index contributed by atoms with van der Waals surface area (Å²) in [5.41, 5.74) is 8.20. The van der Waals surface area contributed by atoms with E-state index in [0.717, 1.165) is 118 Å². The molecule has 0 saturated carbocycles. The molecule has 7 aromatic carbocycles. The van der Waals surface area contributed by atoms with Gasteiger partial charge in [0, 0.05) is 92.8 Å². The predicted octanol–water partition coefficient (Wildman–Crippen LogP) is 21.4. The number of fused-ring (bicyclic) bond motifs is 10. The highest BCUT2D eigenvalue weighted by Gasteiger charge is 2.33. The Bertz CT molecular complexity index is 3550. The molecule has 0 radical (unpaired) electrons. The summed E-state index contributed by atoms with van der Waals surface area (Å²) in [5.74, 6) is 0. The van der Waals surface area contributed by atoms with Gasteiger partial charge >= 0.3 is 0 Å². The molecule has 80 heavy (non-hydrogen) atoms. The molecular weight excluding hydrogens is 981 g/mol.